The molecule has 0 aromatic carbocycles. The van der Waals surface area contributed by atoms with E-state index in [0.29, 0.717) is 0 Å². The molecule has 2 heteroatoms. The highest BCUT2D eigenvalue weighted by atomic mass is 79.9. The van der Waals surface area contributed by atoms with Crippen molar-refractivity contribution in [2.24, 2.45) is 0 Å². The molecule has 0 aromatic heterocycles. The first-order chi connectivity index (χ1) is 6.91. The normalized spacial score (nSPS) is 10.0. The summed E-state index contributed by atoms with van der Waals surface area (Å²) in [5.74, 6) is 0. The van der Waals surface area contributed by atoms with Gasteiger partial charge in [0, 0.05) is 5.33 Å². The summed E-state index contributed by atoms with van der Waals surface area (Å²) in [6, 6.07) is 0. The maximum atomic E-state index is 3.47. The van der Waals surface area contributed by atoms with E-state index < -0.39 is 0 Å². The third-order valence-electron chi connectivity index (χ3n) is 2.74. The second-order valence-electron chi connectivity index (χ2n) is 4.22. The molecule has 0 saturated heterocycles. The summed E-state index contributed by atoms with van der Waals surface area (Å²) < 4.78 is 0. The predicted octanol–water partition coefficient (Wildman–Crippen LogP) is 4.78. The van der Waals surface area contributed by atoms with Crippen LogP contribution in [-0.2, 0) is 0 Å². The van der Waals surface area contributed by atoms with E-state index in [9.17, 15) is 0 Å². The minimum atomic E-state index is 0. The maximum Gasteiger partial charge on any atom is 0.316 e. The van der Waals surface area contributed by atoms with Gasteiger partial charge in [0.25, 0.3) is 0 Å². The Morgan fingerprint density at radius 1 is 0.600 bits per heavy atom. The molecule has 0 rings (SSSR count). The minimum Gasteiger partial charge on any atom is -0.0928 e. The van der Waals surface area contributed by atoms with Gasteiger partial charge in [-0.15, -0.1) is 0 Å². The maximum absolute atomic E-state index is 3.47. The fraction of sp³-hybridized carbons (Fsp3) is 1.00. The van der Waals surface area contributed by atoms with E-state index in [1.165, 1.54) is 76.0 Å². The molecule has 0 aliphatic rings. The first-order valence-electron chi connectivity index (χ1n) is 6.47. The van der Waals surface area contributed by atoms with Crippen LogP contribution in [0.2, 0.25) is 0 Å². The summed E-state index contributed by atoms with van der Waals surface area (Å²) in [4.78, 5) is 0. The molecule has 15 heavy (non-hydrogen) atoms. The molecule has 90 valence electrons. The van der Waals surface area contributed by atoms with E-state index in [0.717, 1.165) is 0 Å². The highest BCUT2D eigenvalue weighted by molar-refractivity contribution is 9.09. The van der Waals surface area contributed by atoms with E-state index >= 15 is 0 Å². The smallest absolute Gasteiger partial charge is 0.0928 e. The van der Waals surface area contributed by atoms with Crippen LogP contribution in [0.3, 0.4) is 0 Å². The number of halogens is 1. The molecule has 0 bridgehead atoms. The number of alkyl halides is 1. The fourth-order valence-electron chi connectivity index (χ4n) is 1.76. The van der Waals surface area contributed by atoms with Crippen LogP contribution in [-0.4, -0.2) is 28.4 Å². The van der Waals surface area contributed by atoms with Gasteiger partial charge in [-0.05, 0) is 6.42 Å². The molecule has 0 aromatic rings. The molecular formula is C13H29BrMg. The van der Waals surface area contributed by atoms with Crippen molar-refractivity contribution >= 4 is 39.0 Å². The SMILES string of the molecule is CCCCCCCCCCCCCBr.[MgH2]. The lowest BCUT2D eigenvalue weighted by atomic mass is 10.1. The fourth-order valence-corrected chi connectivity index (χ4v) is 2.16. The van der Waals surface area contributed by atoms with Gasteiger partial charge in [0.05, 0.1) is 0 Å². The summed E-state index contributed by atoms with van der Waals surface area (Å²) in [5.41, 5.74) is 0. The van der Waals surface area contributed by atoms with Crippen molar-refractivity contribution in [1.29, 1.82) is 0 Å². The van der Waals surface area contributed by atoms with Gasteiger partial charge in [-0.1, -0.05) is 87.1 Å². The van der Waals surface area contributed by atoms with Crippen molar-refractivity contribution in [2.75, 3.05) is 5.33 Å². The van der Waals surface area contributed by atoms with E-state index in [2.05, 4.69) is 22.9 Å². The Labute approximate surface area is 121 Å². The van der Waals surface area contributed by atoms with Gasteiger partial charge in [-0.25, -0.2) is 0 Å². The summed E-state index contributed by atoms with van der Waals surface area (Å²) in [5, 5.41) is 1.18. The van der Waals surface area contributed by atoms with Crippen LogP contribution < -0.4 is 0 Å². The Kier molecular flexibility index (Phi) is 21.9. The minimum absolute atomic E-state index is 0. The van der Waals surface area contributed by atoms with Crippen LogP contribution >= 0.6 is 15.9 Å². The van der Waals surface area contributed by atoms with Crippen LogP contribution in [0, 0.1) is 0 Å². The van der Waals surface area contributed by atoms with Gasteiger partial charge < -0.3 is 0 Å². The van der Waals surface area contributed by atoms with Crippen LogP contribution in [0.1, 0.15) is 77.6 Å². The third-order valence-corrected chi connectivity index (χ3v) is 3.30. The predicted molar refractivity (Wildman–Crippen MR) is 78.8 cm³/mol. The lowest BCUT2D eigenvalue weighted by molar-refractivity contribution is 0.555. The Bertz CT molecular complexity index is 84.5. The van der Waals surface area contributed by atoms with Gasteiger partial charge in [0.2, 0.25) is 0 Å². The van der Waals surface area contributed by atoms with Crippen molar-refractivity contribution in [3.05, 3.63) is 0 Å². The van der Waals surface area contributed by atoms with Crippen molar-refractivity contribution in [2.45, 2.75) is 77.6 Å². The summed E-state index contributed by atoms with van der Waals surface area (Å²) in [7, 11) is 0. The van der Waals surface area contributed by atoms with E-state index in [1.54, 1.807) is 0 Å². The zero-order valence-corrected chi connectivity index (χ0v) is 11.4. The quantitative estimate of drug-likeness (QED) is 0.292. The van der Waals surface area contributed by atoms with Gasteiger partial charge in [-0.3, -0.25) is 0 Å². The average Bonchev–Trinajstić information content (AvgIpc) is 2.21. The molecule has 0 atom stereocenters. The highest BCUT2D eigenvalue weighted by Crippen LogP contribution is 2.11. The van der Waals surface area contributed by atoms with Gasteiger partial charge in [-0.2, -0.15) is 0 Å². The molecule has 0 heterocycles. The van der Waals surface area contributed by atoms with Crippen molar-refractivity contribution in [1.82, 2.24) is 0 Å². The van der Waals surface area contributed by atoms with Gasteiger partial charge in [0.15, 0.2) is 0 Å². The summed E-state index contributed by atoms with van der Waals surface area (Å²) >= 11 is 3.47. The average molecular weight is 290 g/mol. The third kappa shape index (κ3) is 17.8. The van der Waals surface area contributed by atoms with Crippen LogP contribution in [0.4, 0.5) is 0 Å². The summed E-state index contributed by atoms with van der Waals surface area (Å²) in [6.45, 7) is 2.28. The first-order valence-corrected chi connectivity index (χ1v) is 7.60. The first kappa shape index (κ1) is 18.6. The molecule has 0 radical (unpaired) electrons. The van der Waals surface area contributed by atoms with Crippen molar-refractivity contribution in [3.63, 3.8) is 0 Å². The molecule has 0 spiro atoms. The second-order valence-corrected chi connectivity index (χ2v) is 5.02. The van der Waals surface area contributed by atoms with Crippen molar-refractivity contribution in [3.8, 4) is 0 Å². The van der Waals surface area contributed by atoms with E-state index in [-0.39, 0.29) is 23.1 Å². The van der Waals surface area contributed by atoms with E-state index in [1.807, 2.05) is 0 Å². The van der Waals surface area contributed by atoms with Gasteiger partial charge >= 0.3 is 23.1 Å². The van der Waals surface area contributed by atoms with Crippen LogP contribution in [0.25, 0.3) is 0 Å². The lowest BCUT2D eigenvalue weighted by Gasteiger charge is -2.01. The molecule has 0 aliphatic carbocycles. The number of hydrogen-bond acceptors (Lipinski definition) is 0. The number of rotatable bonds is 11. The Balaban J connectivity index is 0. The topological polar surface area (TPSA) is 0 Å². The zero-order valence-electron chi connectivity index (χ0n) is 9.86. The van der Waals surface area contributed by atoms with Gasteiger partial charge in [0.1, 0.15) is 0 Å². The number of unbranched alkanes of at least 4 members (excludes halogenated alkanes) is 10. The molecule has 0 nitrogen and oxygen atoms in total. The Morgan fingerprint density at radius 3 is 1.27 bits per heavy atom. The molecular weight excluding hydrogens is 260 g/mol. The monoisotopic (exact) mass is 288 g/mol. The Morgan fingerprint density at radius 2 is 0.933 bits per heavy atom. The molecule has 0 saturated carbocycles. The molecule has 0 amide bonds. The summed E-state index contributed by atoms with van der Waals surface area (Å²) in [6.07, 6.45) is 15.8. The standard InChI is InChI=1S/C13H27Br.Mg.2H/c1-2-3-4-5-6-7-8-9-10-11-12-13-14;;;/h2-13H2,1H3;;;. The number of hydrogen-bond donors (Lipinski definition) is 0. The molecule has 0 N–H and O–H groups in total. The largest absolute Gasteiger partial charge is 0.316 e. The van der Waals surface area contributed by atoms with Crippen LogP contribution in [0.15, 0.2) is 0 Å². The van der Waals surface area contributed by atoms with E-state index in [4.69, 9.17) is 0 Å². The van der Waals surface area contributed by atoms with Crippen LogP contribution in [0.5, 0.6) is 0 Å². The Hall–Kier alpha value is 1.25. The molecule has 0 fully saturated rings. The second kappa shape index (κ2) is 17.6. The zero-order chi connectivity index (χ0) is 10.5. The molecule has 0 aliphatic heterocycles. The van der Waals surface area contributed by atoms with Crippen molar-refractivity contribution < 1.29 is 0 Å². The highest BCUT2D eigenvalue weighted by Gasteiger charge is 1.91. The lowest BCUT2D eigenvalue weighted by Crippen LogP contribution is -1.82. The molecule has 0 unspecified atom stereocenters.